The lowest BCUT2D eigenvalue weighted by Crippen LogP contribution is -2.31. The van der Waals surface area contributed by atoms with Crippen LogP contribution >= 0.6 is 0 Å². The number of esters is 2. The van der Waals surface area contributed by atoms with Crippen LogP contribution in [-0.4, -0.2) is 49.9 Å². The molecule has 0 aromatic carbocycles. The van der Waals surface area contributed by atoms with E-state index in [1.807, 2.05) is 0 Å². The van der Waals surface area contributed by atoms with Gasteiger partial charge >= 0.3 is 11.9 Å². The molecule has 0 radical (unpaired) electrons. The minimum atomic E-state index is -1.58. The molecular formula is C10H18O7. The summed E-state index contributed by atoms with van der Waals surface area (Å²) in [4.78, 5) is 22.4. The summed E-state index contributed by atoms with van der Waals surface area (Å²) < 4.78 is 18.7. The maximum atomic E-state index is 11.2. The van der Waals surface area contributed by atoms with Gasteiger partial charge in [-0.05, 0) is 13.8 Å². The number of rotatable bonds is 7. The number of carbonyl (C=O) groups is 2. The normalized spacial score (nSPS) is 15.8. The van der Waals surface area contributed by atoms with Gasteiger partial charge in [0.1, 0.15) is 0 Å². The molecule has 0 spiro atoms. The Kier molecular flexibility index (Phi) is 7.44. The molecule has 0 amide bonds. The SMILES string of the molecule is COC(C)OC(=O)CC(O)C(=O)OC(C)OC. The third-order valence-corrected chi connectivity index (χ3v) is 1.88. The van der Waals surface area contributed by atoms with Crippen LogP contribution in [0.5, 0.6) is 0 Å². The average molecular weight is 250 g/mol. The van der Waals surface area contributed by atoms with Crippen molar-refractivity contribution < 1.29 is 33.6 Å². The molecule has 0 aliphatic rings. The molecule has 0 saturated carbocycles. The van der Waals surface area contributed by atoms with Crippen LogP contribution in [0.1, 0.15) is 20.3 Å². The molecule has 0 fully saturated rings. The third-order valence-electron chi connectivity index (χ3n) is 1.88. The Hall–Kier alpha value is -1.18. The minimum Gasteiger partial charge on any atom is -0.436 e. The summed E-state index contributed by atoms with van der Waals surface area (Å²) >= 11 is 0. The highest BCUT2D eigenvalue weighted by Crippen LogP contribution is 2.03. The van der Waals surface area contributed by atoms with Crippen molar-refractivity contribution in [1.29, 1.82) is 0 Å². The summed E-state index contributed by atoms with van der Waals surface area (Å²) in [6.45, 7) is 2.99. The lowest BCUT2D eigenvalue weighted by molar-refractivity contribution is -0.186. The van der Waals surface area contributed by atoms with Crippen molar-refractivity contribution in [3.05, 3.63) is 0 Å². The smallest absolute Gasteiger partial charge is 0.337 e. The molecule has 17 heavy (non-hydrogen) atoms. The van der Waals surface area contributed by atoms with Crippen LogP contribution in [0.4, 0.5) is 0 Å². The van der Waals surface area contributed by atoms with Crippen molar-refractivity contribution in [3.63, 3.8) is 0 Å². The Morgan fingerprint density at radius 1 is 1.06 bits per heavy atom. The van der Waals surface area contributed by atoms with E-state index in [0.29, 0.717) is 0 Å². The van der Waals surface area contributed by atoms with Gasteiger partial charge in [0.05, 0.1) is 6.42 Å². The van der Waals surface area contributed by atoms with Crippen molar-refractivity contribution in [2.75, 3.05) is 14.2 Å². The first-order chi connectivity index (χ1) is 7.90. The number of aliphatic hydroxyl groups excluding tert-OH is 1. The average Bonchev–Trinajstić information content (AvgIpc) is 2.28. The molecule has 0 aliphatic heterocycles. The van der Waals surface area contributed by atoms with Crippen LogP contribution in [0.2, 0.25) is 0 Å². The van der Waals surface area contributed by atoms with E-state index in [1.54, 1.807) is 0 Å². The lowest BCUT2D eigenvalue weighted by atomic mass is 10.2. The third kappa shape index (κ3) is 6.88. The van der Waals surface area contributed by atoms with Gasteiger partial charge in [-0.3, -0.25) is 4.79 Å². The Morgan fingerprint density at radius 2 is 1.53 bits per heavy atom. The Morgan fingerprint density at radius 3 is 2.00 bits per heavy atom. The van der Waals surface area contributed by atoms with Gasteiger partial charge in [-0.15, -0.1) is 0 Å². The van der Waals surface area contributed by atoms with E-state index >= 15 is 0 Å². The van der Waals surface area contributed by atoms with Gasteiger partial charge in [-0.1, -0.05) is 0 Å². The van der Waals surface area contributed by atoms with Crippen LogP contribution in [0, 0.1) is 0 Å². The fraction of sp³-hybridized carbons (Fsp3) is 0.800. The Bertz CT molecular complexity index is 253. The van der Waals surface area contributed by atoms with Gasteiger partial charge in [0.15, 0.2) is 18.7 Å². The summed E-state index contributed by atoms with van der Waals surface area (Å²) in [7, 11) is 2.71. The molecule has 0 saturated heterocycles. The van der Waals surface area contributed by atoms with Crippen LogP contribution in [-0.2, 0) is 28.5 Å². The van der Waals surface area contributed by atoms with Crippen molar-refractivity contribution in [2.45, 2.75) is 39.0 Å². The van der Waals surface area contributed by atoms with Crippen molar-refractivity contribution >= 4 is 11.9 Å². The summed E-state index contributed by atoms with van der Waals surface area (Å²) in [6, 6.07) is 0. The fourth-order valence-corrected chi connectivity index (χ4v) is 0.813. The Labute approximate surface area is 99.6 Å². The second-order valence-corrected chi connectivity index (χ2v) is 3.25. The van der Waals surface area contributed by atoms with E-state index in [0.717, 1.165) is 0 Å². The molecule has 7 nitrogen and oxygen atoms in total. The number of hydrogen-bond acceptors (Lipinski definition) is 7. The first-order valence-electron chi connectivity index (χ1n) is 5.04. The van der Waals surface area contributed by atoms with Crippen molar-refractivity contribution in [1.82, 2.24) is 0 Å². The van der Waals surface area contributed by atoms with Crippen molar-refractivity contribution in [3.8, 4) is 0 Å². The molecule has 1 N–H and O–H groups in total. The fourth-order valence-electron chi connectivity index (χ4n) is 0.813. The molecular weight excluding hydrogens is 232 g/mol. The van der Waals surface area contributed by atoms with E-state index < -0.39 is 37.0 Å². The van der Waals surface area contributed by atoms with Gasteiger partial charge in [-0.25, -0.2) is 4.79 Å². The number of carbonyl (C=O) groups excluding carboxylic acids is 2. The maximum absolute atomic E-state index is 11.2. The first-order valence-corrected chi connectivity index (χ1v) is 5.04. The lowest BCUT2D eigenvalue weighted by Gasteiger charge is -2.15. The minimum absolute atomic E-state index is 0.497. The number of ether oxygens (including phenoxy) is 4. The summed E-state index contributed by atoms with van der Waals surface area (Å²) in [5, 5.41) is 9.35. The molecule has 0 aromatic heterocycles. The van der Waals surface area contributed by atoms with Crippen LogP contribution in [0.3, 0.4) is 0 Å². The van der Waals surface area contributed by atoms with Gasteiger partial charge < -0.3 is 24.1 Å². The van der Waals surface area contributed by atoms with E-state index in [1.165, 1.54) is 28.1 Å². The van der Waals surface area contributed by atoms with E-state index in [-0.39, 0.29) is 0 Å². The second kappa shape index (κ2) is 7.99. The first kappa shape index (κ1) is 15.8. The zero-order valence-corrected chi connectivity index (χ0v) is 10.3. The monoisotopic (exact) mass is 250 g/mol. The van der Waals surface area contributed by atoms with Crippen molar-refractivity contribution in [2.24, 2.45) is 0 Å². The van der Waals surface area contributed by atoms with Crippen LogP contribution in [0.25, 0.3) is 0 Å². The molecule has 0 aliphatic carbocycles. The zero-order chi connectivity index (χ0) is 13.4. The summed E-state index contributed by atoms with van der Waals surface area (Å²) in [5.41, 5.74) is 0. The van der Waals surface area contributed by atoms with E-state index in [4.69, 9.17) is 4.74 Å². The largest absolute Gasteiger partial charge is 0.436 e. The van der Waals surface area contributed by atoms with E-state index in [9.17, 15) is 14.7 Å². The van der Waals surface area contributed by atoms with Gasteiger partial charge in [0.2, 0.25) is 0 Å². The summed E-state index contributed by atoms with van der Waals surface area (Å²) in [5.74, 6) is -1.70. The zero-order valence-electron chi connectivity index (χ0n) is 10.3. The molecule has 100 valence electrons. The maximum Gasteiger partial charge on any atom is 0.337 e. The topological polar surface area (TPSA) is 91.3 Å². The van der Waals surface area contributed by atoms with Gasteiger partial charge in [-0.2, -0.15) is 0 Å². The molecule has 3 atom stereocenters. The van der Waals surface area contributed by atoms with Gasteiger partial charge in [0, 0.05) is 14.2 Å². The molecule has 3 unspecified atom stereocenters. The second-order valence-electron chi connectivity index (χ2n) is 3.25. The molecule has 7 heteroatoms. The molecule has 0 bridgehead atoms. The highest BCUT2D eigenvalue weighted by molar-refractivity contribution is 5.81. The molecule has 0 aromatic rings. The summed E-state index contributed by atoms with van der Waals surface area (Å²) in [6.07, 6.45) is -3.60. The predicted octanol–water partition coefficient (Wildman–Crippen LogP) is -0.191. The van der Waals surface area contributed by atoms with Gasteiger partial charge in [0.25, 0.3) is 0 Å². The highest BCUT2D eigenvalue weighted by Gasteiger charge is 2.24. The number of aliphatic hydroxyl groups is 1. The van der Waals surface area contributed by atoms with Crippen LogP contribution in [0.15, 0.2) is 0 Å². The molecule has 0 rings (SSSR count). The Balaban J connectivity index is 4.03. The quantitative estimate of drug-likeness (QED) is 0.494. The standard InChI is InChI=1S/C10H18O7/c1-6(14-3)16-9(12)5-8(11)10(13)17-7(2)15-4/h6-8,11H,5H2,1-4H3. The number of hydrogen-bond donors (Lipinski definition) is 1. The predicted molar refractivity (Wildman–Crippen MR) is 55.7 cm³/mol. The van der Waals surface area contributed by atoms with E-state index in [2.05, 4.69) is 14.2 Å². The molecule has 0 heterocycles. The highest BCUT2D eigenvalue weighted by atomic mass is 16.7. The number of methoxy groups -OCH3 is 2. The van der Waals surface area contributed by atoms with Crippen LogP contribution < -0.4 is 0 Å².